The summed E-state index contributed by atoms with van der Waals surface area (Å²) < 4.78 is 15.4. The molecule has 0 aliphatic carbocycles. The van der Waals surface area contributed by atoms with Gasteiger partial charge < -0.3 is 4.90 Å². The molecule has 1 aromatic carbocycles. The van der Waals surface area contributed by atoms with Crippen LogP contribution in [0.5, 0.6) is 0 Å². The first-order chi connectivity index (χ1) is 14.5. The number of hydrogen-bond donors (Lipinski definition) is 0. The lowest BCUT2D eigenvalue weighted by molar-refractivity contribution is -0.385. The van der Waals surface area contributed by atoms with E-state index in [0.29, 0.717) is 12.0 Å². The lowest BCUT2D eigenvalue weighted by Gasteiger charge is -2.28. The number of nitrogens with zero attached hydrogens (tertiary/aromatic N) is 3. The van der Waals surface area contributed by atoms with E-state index in [1.54, 1.807) is 23.6 Å². The van der Waals surface area contributed by atoms with Crippen LogP contribution < -0.4 is 0 Å². The maximum atomic E-state index is 14.4. The summed E-state index contributed by atoms with van der Waals surface area (Å²) in [5.41, 5.74) is 4.23. The van der Waals surface area contributed by atoms with Crippen LogP contribution in [0.15, 0.2) is 67.5 Å². The molecule has 4 rings (SSSR count). The predicted molar refractivity (Wildman–Crippen MR) is 119 cm³/mol. The van der Waals surface area contributed by atoms with E-state index < -0.39 is 10.7 Å². The summed E-state index contributed by atoms with van der Waals surface area (Å²) in [5.74, 6) is -0.566. The van der Waals surface area contributed by atoms with Crippen LogP contribution >= 0.6 is 11.3 Å². The number of thiophene rings is 1. The fourth-order valence-electron chi connectivity index (χ4n) is 3.57. The summed E-state index contributed by atoms with van der Waals surface area (Å²) in [6.07, 6.45) is 6.97. The van der Waals surface area contributed by atoms with Gasteiger partial charge in [-0.3, -0.25) is 15.1 Å². The van der Waals surface area contributed by atoms with Crippen LogP contribution in [0.2, 0.25) is 0 Å². The van der Waals surface area contributed by atoms with Gasteiger partial charge in [0, 0.05) is 42.3 Å². The summed E-state index contributed by atoms with van der Waals surface area (Å²) in [6.45, 7) is 9.47. The second kappa shape index (κ2) is 8.20. The number of halogens is 1. The van der Waals surface area contributed by atoms with E-state index in [9.17, 15) is 14.5 Å². The number of non-ortho nitro benzene ring substituents is 1. The van der Waals surface area contributed by atoms with E-state index in [1.807, 2.05) is 6.07 Å². The Morgan fingerprint density at radius 3 is 2.83 bits per heavy atom. The third kappa shape index (κ3) is 3.89. The Morgan fingerprint density at radius 2 is 2.17 bits per heavy atom. The van der Waals surface area contributed by atoms with Gasteiger partial charge in [-0.15, -0.1) is 11.3 Å². The molecule has 30 heavy (non-hydrogen) atoms. The van der Waals surface area contributed by atoms with Gasteiger partial charge in [-0.1, -0.05) is 19.2 Å². The fraction of sp³-hybridized carbons (Fsp3) is 0.174. The lowest BCUT2D eigenvalue weighted by Crippen LogP contribution is -2.26. The largest absolute Gasteiger partial charge is 0.368 e. The standard InChI is InChI=1S/C23H20FN3O2S/c1-3-15(2)26-10-7-16(8-11-26)22-14-21-23(30-22)18(6-9-25-21)12-17-4-5-19(27(28)29)13-20(17)24/h3-7,9,13-14H,1-2,8,10-12H2. The SMILES string of the molecule is C=CC(=C)N1CC=C(c2cc3nccc(Cc4ccc([N+](=O)[O-])cc4F)c3s2)CC1. The summed E-state index contributed by atoms with van der Waals surface area (Å²) in [5, 5.41) is 10.8. The normalized spacial score (nSPS) is 13.9. The van der Waals surface area contributed by atoms with Crippen molar-refractivity contribution in [1.29, 1.82) is 0 Å². The molecule has 1 aliphatic heterocycles. The van der Waals surface area contributed by atoms with E-state index in [0.717, 1.165) is 51.9 Å². The molecule has 0 saturated carbocycles. The number of hydrogen-bond acceptors (Lipinski definition) is 5. The van der Waals surface area contributed by atoms with Gasteiger partial charge in [0.15, 0.2) is 0 Å². The Labute approximate surface area is 177 Å². The highest BCUT2D eigenvalue weighted by atomic mass is 32.1. The topological polar surface area (TPSA) is 59.3 Å². The van der Waals surface area contributed by atoms with Crippen molar-refractivity contribution in [2.24, 2.45) is 0 Å². The van der Waals surface area contributed by atoms with Crippen molar-refractivity contribution in [3.05, 3.63) is 99.5 Å². The van der Waals surface area contributed by atoms with Crippen molar-refractivity contribution in [2.45, 2.75) is 12.8 Å². The van der Waals surface area contributed by atoms with Crippen molar-refractivity contribution in [1.82, 2.24) is 9.88 Å². The van der Waals surface area contributed by atoms with Crippen molar-refractivity contribution in [3.63, 3.8) is 0 Å². The Kier molecular flexibility index (Phi) is 5.46. The van der Waals surface area contributed by atoms with Crippen molar-refractivity contribution < 1.29 is 9.31 Å². The second-order valence-corrected chi connectivity index (χ2v) is 8.18. The Morgan fingerprint density at radius 1 is 1.33 bits per heavy atom. The molecule has 5 nitrogen and oxygen atoms in total. The molecule has 0 fully saturated rings. The van der Waals surface area contributed by atoms with Crippen LogP contribution in [0, 0.1) is 15.9 Å². The van der Waals surface area contributed by atoms with Gasteiger partial charge in [-0.05, 0) is 47.4 Å². The zero-order valence-electron chi connectivity index (χ0n) is 16.3. The van der Waals surface area contributed by atoms with Crippen molar-refractivity contribution in [3.8, 4) is 0 Å². The molecule has 0 bridgehead atoms. The lowest BCUT2D eigenvalue weighted by atomic mass is 10.0. The molecule has 0 spiro atoms. The first-order valence-electron chi connectivity index (χ1n) is 9.52. The first-order valence-corrected chi connectivity index (χ1v) is 10.3. The van der Waals surface area contributed by atoms with E-state index in [-0.39, 0.29) is 5.69 Å². The number of benzene rings is 1. The van der Waals surface area contributed by atoms with Gasteiger partial charge in [0.25, 0.3) is 5.69 Å². The van der Waals surface area contributed by atoms with Crippen LogP contribution in [0.4, 0.5) is 10.1 Å². The highest BCUT2D eigenvalue weighted by Crippen LogP contribution is 2.35. The molecule has 0 unspecified atom stereocenters. The summed E-state index contributed by atoms with van der Waals surface area (Å²) in [7, 11) is 0. The minimum absolute atomic E-state index is 0.244. The number of pyridine rings is 1. The maximum absolute atomic E-state index is 14.4. The number of aromatic nitrogens is 1. The highest BCUT2D eigenvalue weighted by molar-refractivity contribution is 7.20. The van der Waals surface area contributed by atoms with Gasteiger partial charge in [0.2, 0.25) is 0 Å². The number of allylic oxidation sites excluding steroid dienone is 1. The van der Waals surface area contributed by atoms with Gasteiger partial charge in [-0.2, -0.15) is 0 Å². The monoisotopic (exact) mass is 421 g/mol. The molecule has 7 heteroatoms. The smallest absolute Gasteiger partial charge is 0.272 e. The molecule has 0 amide bonds. The van der Waals surface area contributed by atoms with Crippen molar-refractivity contribution >= 4 is 32.8 Å². The van der Waals surface area contributed by atoms with Gasteiger partial charge in [-0.25, -0.2) is 4.39 Å². The van der Waals surface area contributed by atoms with Gasteiger partial charge in [0.1, 0.15) is 5.82 Å². The molecule has 3 aromatic rings. The fourth-order valence-corrected chi connectivity index (χ4v) is 4.76. The van der Waals surface area contributed by atoms with Crippen LogP contribution in [0.25, 0.3) is 15.8 Å². The number of nitro groups is 1. The van der Waals surface area contributed by atoms with Crippen LogP contribution in [-0.2, 0) is 6.42 Å². The minimum atomic E-state index is -0.591. The predicted octanol–water partition coefficient (Wildman–Crippen LogP) is 5.72. The molecule has 0 saturated heterocycles. The van der Waals surface area contributed by atoms with Gasteiger partial charge >= 0.3 is 0 Å². The average Bonchev–Trinajstić information content (AvgIpc) is 3.20. The molecule has 1 aliphatic rings. The number of rotatable bonds is 6. The molecule has 2 aromatic heterocycles. The van der Waals surface area contributed by atoms with Crippen molar-refractivity contribution in [2.75, 3.05) is 13.1 Å². The molecule has 152 valence electrons. The molecular weight excluding hydrogens is 401 g/mol. The second-order valence-electron chi connectivity index (χ2n) is 7.13. The quantitative estimate of drug-likeness (QED) is 0.290. The Bertz CT molecular complexity index is 1200. The summed E-state index contributed by atoms with van der Waals surface area (Å²) in [6, 6.07) is 7.77. The third-order valence-electron chi connectivity index (χ3n) is 5.29. The zero-order valence-corrected chi connectivity index (χ0v) is 17.1. The van der Waals surface area contributed by atoms with Crippen LogP contribution in [0.3, 0.4) is 0 Å². The molecule has 0 N–H and O–H groups in total. The van der Waals surface area contributed by atoms with Crippen LogP contribution in [-0.4, -0.2) is 27.9 Å². The highest BCUT2D eigenvalue weighted by Gasteiger charge is 2.17. The molecule has 0 radical (unpaired) electrons. The Hall–Kier alpha value is -3.32. The molecule has 3 heterocycles. The average molecular weight is 421 g/mol. The summed E-state index contributed by atoms with van der Waals surface area (Å²) in [4.78, 5) is 18.1. The number of nitro benzene ring substituents is 1. The molecule has 0 atom stereocenters. The maximum Gasteiger partial charge on any atom is 0.272 e. The van der Waals surface area contributed by atoms with Crippen LogP contribution in [0.1, 0.15) is 22.4 Å². The van der Waals surface area contributed by atoms with E-state index >= 15 is 0 Å². The zero-order chi connectivity index (χ0) is 21.3. The molecular formula is C23H20FN3O2S. The minimum Gasteiger partial charge on any atom is -0.368 e. The Balaban J connectivity index is 1.62. The summed E-state index contributed by atoms with van der Waals surface area (Å²) >= 11 is 1.66. The van der Waals surface area contributed by atoms with Gasteiger partial charge in [0.05, 0.1) is 21.2 Å². The first kappa shape index (κ1) is 20.0. The third-order valence-corrected chi connectivity index (χ3v) is 6.56. The van der Waals surface area contributed by atoms with E-state index in [1.165, 1.54) is 17.7 Å². The van der Waals surface area contributed by atoms with E-state index in [4.69, 9.17) is 0 Å². The van der Waals surface area contributed by atoms with E-state index in [2.05, 4.69) is 35.2 Å². The number of fused-ring (bicyclic) bond motifs is 1.